The Balaban J connectivity index is 2.11. The van der Waals surface area contributed by atoms with Crippen LogP contribution in [0.25, 0.3) is 0 Å². The van der Waals surface area contributed by atoms with Crippen molar-refractivity contribution in [3.05, 3.63) is 0 Å². The number of rotatable bonds is 1. The second kappa shape index (κ2) is 4.45. The Morgan fingerprint density at radius 1 is 1.26 bits per heavy atom. The fourth-order valence-corrected chi connectivity index (χ4v) is 3.74. The number of aliphatic hydroxyl groups excluding tert-OH is 1. The molecule has 2 rings (SSSR count). The van der Waals surface area contributed by atoms with E-state index >= 15 is 0 Å². The molecule has 2 saturated carbocycles. The van der Waals surface area contributed by atoms with Crippen molar-refractivity contribution in [3.8, 4) is 0 Å². The van der Waals surface area contributed by atoms with Crippen LogP contribution in [0.4, 0.5) is 0 Å². The lowest BCUT2D eigenvalue weighted by molar-refractivity contribution is -0.195. The molecule has 0 heterocycles. The predicted molar refractivity (Wildman–Crippen MR) is 71.5 cm³/mol. The van der Waals surface area contributed by atoms with Gasteiger partial charge in [0.15, 0.2) is 0 Å². The van der Waals surface area contributed by atoms with Gasteiger partial charge in [-0.3, -0.25) is 4.79 Å². The van der Waals surface area contributed by atoms with E-state index in [1.54, 1.807) is 0 Å². The van der Waals surface area contributed by atoms with Gasteiger partial charge in [-0.1, -0.05) is 0 Å². The normalized spacial score (nSPS) is 42.8. The first kappa shape index (κ1) is 14.8. The SMILES string of the molecule is CC1(OC(=O)C(C)(C)C)CC2CC(O)CC(O)(C2)C1. The van der Waals surface area contributed by atoms with E-state index < -0.39 is 22.7 Å². The van der Waals surface area contributed by atoms with Crippen molar-refractivity contribution >= 4 is 5.97 Å². The first-order chi connectivity index (χ1) is 8.51. The zero-order valence-corrected chi connectivity index (χ0v) is 12.4. The Labute approximate surface area is 115 Å². The molecule has 2 fully saturated rings. The molecule has 0 saturated heterocycles. The van der Waals surface area contributed by atoms with E-state index in [2.05, 4.69) is 0 Å². The van der Waals surface area contributed by atoms with Crippen molar-refractivity contribution in [1.82, 2.24) is 0 Å². The van der Waals surface area contributed by atoms with E-state index in [0.717, 1.165) is 6.42 Å². The van der Waals surface area contributed by atoms with Gasteiger partial charge in [0.2, 0.25) is 0 Å². The second-order valence-corrected chi connectivity index (χ2v) is 7.86. The average Bonchev–Trinajstić information content (AvgIpc) is 2.09. The van der Waals surface area contributed by atoms with Crippen molar-refractivity contribution < 1.29 is 19.7 Å². The van der Waals surface area contributed by atoms with Crippen LogP contribution in [0.3, 0.4) is 0 Å². The average molecular weight is 270 g/mol. The lowest BCUT2D eigenvalue weighted by atomic mass is 9.63. The summed E-state index contributed by atoms with van der Waals surface area (Å²) < 4.78 is 5.70. The van der Waals surface area contributed by atoms with Crippen LogP contribution in [0, 0.1) is 11.3 Å². The number of ether oxygens (including phenoxy) is 1. The van der Waals surface area contributed by atoms with Crippen LogP contribution in [-0.4, -0.2) is 33.5 Å². The number of hydrogen-bond donors (Lipinski definition) is 2. The van der Waals surface area contributed by atoms with Crippen LogP contribution in [0.2, 0.25) is 0 Å². The van der Waals surface area contributed by atoms with E-state index in [9.17, 15) is 15.0 Å². The molecule has 2 aliphatic rings. The molecule has 2 N–H and O–H groups in total. The van der Waals surface area contributed by atoms with Crippen molar-refractivity contribution in [2.24, 2.45) is 11.3 Å². The second-order valence-electron chi connectivity index (χ2n) is 7.86. The number of carbonyl (C=O) groups is 1. The maximum atomic E-state index is 12.1. The minimum absolute atomic E-state index is 0.223. The molecule has 0 spiro atoms. The standard InChI is InChI=1S/C15H26O4/c1-13(2,3)12(17)19-14(4)6-10-5-11(16)8-15(18,7-10)9-14/h10-11,16,18H,5-9H2,1-4H3. The summed E-state index contributed by atoms with van der Waals surface area (Å²) >= 11 is 0. The maximum Gasteiger partial charge on any atom is 0.311 e. The molecule has 0 amide bonds. The highest BCUT2D eigenvalue weighted by molar-refractivity contribution is 5.75. The fraction of sp³-hybridized carbons (Fsp3) is 0.933. The summed E-state index contributed by atoms with van der Waals surface area (Å²) in [7, 11) is 0. The summed E-state index contributed by atoms with van der Waals surface area (Å²) in [6.45, 7) is 7.41. The number of esters is 1. The molecule has 0 aromatic heterocycles. The molecule has 4 unspecified atom stereocenters. The highest BCUT2D eigenvalue weighted by atomic mass is 16.6. The minimum Gasteiger partial charge on any atom is -0.459 e. The van der Waals surface area contributed by atoms with Gasteiger partial charge in [0.25, 0.3) is 0 Å². The van der Waals surface area contributed by atoms with Gasteiger partial charge in [-0.15, -0.1) is 0 Å². The number of fused-ring (bicyclic) bond motifs is 2. The molecule has 0 radical (unpaired) electrons. The zero-order valence-electron chi connectivity index (χ0n) is 12.4. The van der Waals surface area contributed by atoms with E-state index in [4.69, 9.17) is 4.74 Å². The molecular weight excluding hydrogens is 244 g/mol. The lowest BCUT2D eigenvalue weighted by Crippen LogP contribution is -2.54. The zero-order chi connectivity index (χ0) is 14.5. The van der Waals surface area contributed by atoms with E-state index in [1.165, 1.54) is 0 Å². The van der Waals surface area contributed by atoms with Crippen molar-refractivity contribution in [2.75, 3.05) is 0 Å². The van der Waals surface area contributed by atoms with Crippen molar-refractivity contribution in [1.29, 1.82) is 0 Å². The van der Waals surface area contributed by atoms with E-state index in [-0.39, 0.29) is 11.9 Å². The summed E-state index contributed by atoms with van der Waals surface area (Å²) in [5, 5.41) is 20.4. The van der Waals surface area contributed by atoms with Gasteiger partial charge in [0, 0.05) is 12.8 Å². The van der Waals surface area contributed by atoms with Gasteiger partial charge in [0.1, 0.15) is 5.60 Å². The Kier molecular flexibility index (Phi) is 3.47. The van der Waals surface area contributed by atoms with Crippen LogP contribution < -0.4 is 0 Å². The van der Waals surface area contributed by atoms with Crippen LogP contribution in [0.5, 0.6) is 0 Å². The smallest absolute Gasteiger partial charge is 0.311 e. The van der Waals surface area contributed by atoms with Gasteiger partial charge < -0.3 is 14.9 Å². The first-order valence-corrected chi connectivity index (χ1v) is 7.15. The minimum atomic E-state index is -0.881. The summed E-state index contributed by atoms with van der Waals surface area (Å²) in [5.41, 5.74) is -2.02. The summed E-state index contributed by atoms with van der Waals surface area (Å²) in [6.07, 6.45) is 2.54. The maximum absolute atomic E-state index is 12.1. The lowest BCUT2D eigenvalue weighted by Gasteiger charge is -2.51. The fourth-order valence-electron chi connectivity index (χ4n) is 3.74. The van der Waals surface area contributed by atoms with E-state index in [1.807, 2.05) is 27.7 Å². The van der Waals surface area contributed by atoms with Crippen LogP contribution in [0.1, 0.15) is 59.8 Å². The summed E-state index contributed by atoms with van der Waals surface area (Å²) in [4.78, 5) is 12.1. The van der Waals surface area contributed by atoms with Crippen molar-refractivity contribution in [2.45, 2.75) is 77.1 Å². The molecule has 4 heteroatoms. The van der Waals surface area contributed by atoms with E-state index in [0.29, 0.717) is 25.7 Å². The quantitative estimate of drug-likeness (QED) is 0.715. The van der Waals surface area contributed by atoms with Gasteiger partial charge >= 0.3 is 5.97 Å². The molecule has 110 valence electrons. The highest BCUT2D eigenvalue weighted by Gasteiger charge is 2.51. The molecule has 4 nitrogen and oxygen atoms in total. The third kappa shape index (κ3) is 3.29. The predicted octanol–water partition coefficient (Wildman–Crippen LogP) is 2.02. The Morgan fingerprint density at radius 2 is 1.89 bits per heavy atom. The molecule has 0 aliphatic heterocycles. The molecule has 19 heavy (non-hydrogen) atoms. The van der Waals surface area contributed by atoms with Crippen LogP contribution in [0.15, 0.2) is 0 Å². The molecular formula is C15H26O4. The molecule has 4 atom stereocenters. The number of hydrogen-bond acceptors (Lipinski definition) is 4. The monoisotopic (exact) mass is 270 g/mol. The molecule has 0 aromatic carbocycles. The van der Waals surface area contributed by atoms with Crippen LogP contribution in [-0.2, 0) is 9.53 Å². The third-order valence-electron chi connectivity index (χ3n) is 4.26. The summed E-state index contributed by atoms with van der Waals surface area (Å²) in [5.74, 6) is 0.0133. The summed E-state index contributed by atoms with van der Waals surface area (Å²) in [6, 6.07) is 0. The Morgan fingerprint density at radius 3 is 2.42 bits per heavy atom. The van der Waals surface area contributed by atoms with Gasteiger partial charge in [-0.05, 0) is 52.9 Å². The largest absolute Gasteiger partial charge is 0.459 e. The van der Waals surface area contributed by atoms with Gasteiger partial charge in [0.05, 0.1) is 17.1 Å². The van der Waals surface area contributed by atoms with Crippen LogP contribution >= 0.6 is 0 Å². The Bertz CT molecular complexity index is 369. The molecule has 2 bridgehead atoms. The first-order valence-electron chi connectivity index (χ1n) is 7.15. The number of carbonyl (C=O) groups excluding carboxylic acids is 1. The third-order valence-corrected chi connectivity index (χ3v) is 4.26. The van der Waals surface area contributed by atoms with Crippen molar-refractivity contribution in [3.63, 3.8) is 0 Å². The topological polar surface area (TPSA) is 66.8 Å². The Hall–Kier alpha value is -0.610. The molecule has 2 aliphatic carbocycles. The van der Waals surface area contributed by atoms with Gasteiger partial charge in [-0.25, -0.2) is 0 Å². The van der Waals surface area contributed by atoms with Gasteiger partial charge in [-0.2, -0.15) is 0 Å². The highest BCUT2D eigenvalue weighted by Crippen LogP contribution is 2.48. The number of aliphatic hydroxyl groups is 2. The molecule has 0 aromatic rings.